The van der Waals surface area contributed by atoms with Crippen LogP contribution in [-0.2, 0) is 10.1 Å². The SMILES string of the molecule is COC(=O)c1cc(CBr)c(OC(F)F)cc1C. The average Bonchev–Trinajstić information content (AvgIpc) is 2.27. The van der Waals surface area contributed by atoms with Crippen molar-refractivity contribution in [1.82, 2.24) is 0 Å². The maximum absolute atomic E-state index is 12.2. The van der Waals surface area contributed by atoms with Crippen molar-refractivity contribution in [2.45, 2.75) is 18.9 Å². The molecule has 1 aromatic rings. The molecule has 3 nitrogen and oxygen atoms in total. The van der Waals surface area contributed by atoms with Gasteiger partial charge in [-0.05, 0) is 24.6 Å². The largest absolute Gasteiger partial charge is 0.465 e. The quantitative estimate of drug-likeness (QED) is 0.632. The van der Waals surface area contributed by atoms with Gasteiger partial charge in [-0.3, -0.25) is 0 Å². The third-order valence-corrected chi connectivity index (χ3v) is 2.78. The van der Waals surface area contributed by atoms with Crippen LogP contribution in [0.4, 0.5) is 8.78 Å². The predicted octanol–water partition coefficient (Wildman–Crippen LogP) is 3.28. The Morgan fingerprint density at radius 1 is 1.47 bits per heavy atom. The molecule has 0 aliphatic rings. The lowest BCUT2D eigenvalue weighted by atomic mass is 10.0. The summed E-state index contributed by atoms with van der Waals surface area (Å²) in [5.41, 5.74) is 1.33. The first kappa shape index (κ1) is 13.9. The van der Waals surface area contributed by atoms with Crippen LogP contribution in [0.2, 0.25) is 0 Å². The van der Waals surface area contributed by atoms with Crippen molar-refractivity contribution in [1.29, 1.82) is 0 Å². The van der Waals surface area contributed by atoms with Gasteiger partial charge in [-0.1, -0.05) is 15.9 Å². The van der Waals surface area contributed by atoms with Crippen LogP contribution in [0.15, 0.2) is 12.1 Å². The molecule has 1 aromatic carbocycles. The summed E-state index contributed by atoms with van der Waals surface area (Å²) < 4.78 is 33.3. The topological polar surface area (TPSA) is 35.5 Å². The van der Waals surface area contributed by atoms with E-state index < -0.39 is 12.6 Å². The van der Waals surface area contributed by atoms with Crippen LogP contribution in [0.25, 0.3) is 0 Å². The molecular formula is C11H11BrF2O3. The van der Waals surface area contributed by atoms with Gasteiger partial charge in [-0.15, -0.1) is 0 Å². The molecule has 1 rings (SSSR count). The van der Waals surface area contributed by atoms with Crippen LogP contribution in [-0.4, -0.2) is 19.7 Å². The van der Waals surface area contributed by atoms with Crippen molar-refractivity contribution in [3.05, 3.63) is 28.8 Å². The van der Waals surface area contributed by atoms with E-state index >= 15 is 0 Å². The Balaban J connectivity index is 3.19. The molecule has 0 atom stereocenters. The first-order valence-corrected chi connectivity index (χ1v) is 5.84. The summed E-state index contributed by atoms with van der Waals surface area (Å²) in [5.74, 6) is -0.449. The van der Waals surface area contributed by atoms with Crippen LogP contribution < -0.4 is 4.74 Å². The lowest BCUT2D eigenvalue weighted by Crippen LogP contribution is -2.08. The van der Waals surface area contributed by atoms with E-state index in [1.807, 2.05) is 0 Å². The molecule has 0 aromatic heterocycles. The van der Waals surface area contributed by atoms with E-state index in [0.29, 0.717) is 22.0 Å². The van der Waals surface area contributed by atoms with E-state index in [-0.39, 0.29) is 5.75 Å². The van der Waals surface area contributed by atoms with Gasteiger partial charge in [-0.25, -0.2) is 4.79 Å². The minimum absolute atomic E-state index is 0.0574. The summed E-state index contributed by atoms with van der Waals surface area (Å²) >= 11 is 3.15. The summed E-state index contributed by atoms with van der Waals surface area (Å²) in [6.07, 6.45) is 0. The number of benzene rings is 1. The third-order valence-electron chi connectivity index (χ3n) is 2.17. The van der Waals surface area contributed by atoms with Crippen LogP contribution in [0.3, 0.4) is 0 Å². The zero-order valence-electron chi connectivity index (χ0n) is 9.30. The molecule has 0 radical (unpaired) electrons. The maximum Gasteiger partial charge on any atom is 0.387 e. The summed E-state index contributed by atoms with van der Waals surface area (Å²) in [4.78, 5) is 11.4. The summed E-state index contributed by atoms with van der Waals surface area (Å²) in [5, 5.41) is 0.305. The molecule has 0 bridgehead atoms. The number of esters is 1. The average molecular weight is 309 g/mol. The molecule has 0 aliphatic carbocycles. The second-order valence-electron chi connectivity index (χ2n) is 3.28. The van der Waals surface area contributed by atoms with Crippen LogP contribution in [0.1, 0.15) is 21.5 Å². The number of methoxy groups -OCH3 is 1. The highest BCUT2D eigenvalue weighted by Crippen LogP contribution is 2.27. The number of carbonyl (C=O) groups excluding carboxylic acids is 1. The lowest BCUT2D eigenvalue weighted by Gasteiger charge is -2.12. The Hall–Kier alpha value is -1.17. The van der Waals surface area contributed by atoms with Gasteiger partial charge in [0.15, 0.2) is 0 Å². The fourth-order valence-corrected chi connectivity index (χ4v) is 1.80. The van der Waals surface area contributed by atoms with Crippen molar-refractivity contribution in [2.75, 3.05) is 7.11 Å². The van der Waals surface area contributed by atoms with Gasteiger partial charge in [0.25, 0.3) is 0 Å². The lowest BCUT2D eigenvalue weighted by molar-refractivity contribution is -0.0503. The number of ether oxygens (including phenoxy) is 2. The minimum Gasteiger partial charge on any atom is -0.465 e. The number of hydrogen-bond acceptors (Lipinski definition) is 3. The molecule has 0 saturated heterocycles. The minimum atomic E-state index is -2.89. The normalized spacial score (nSPS) is 10.5. The van der Waals surface area contributed by atoms with Gasteiger partial charge >= 0.3 is 12.6 Å². The molecule has 0 unspecified atom stereocenters. The number of alkyl halides is 3. The van der Waals surface area contributed by atoms with Crippen molar-refractivity contribution in [3.63, 3.8) is 0 Å². The first-order valence-electron chi connectivity index (χ1n) is 4.72. The molecule has 0 fully saturated rings. The van der Waals surface area contributed by atoms with Gasteiger partial charge in [0, 0.05) is 10.9 Å². The Bertz CT molecular complexity index is 421. The van der Waals surface area contributed by atoms with Crippen LogP contribution >= 0.6 is 15.9 Å². The Morgan fingerprint density at radius 2 is 2.12 bits per heavy atom. The fraction of sp³-hybridized carbons (Fsp3) is 0.364. The second kappa shape index (κ2) is 5.95. The van der Waals surface area contributed by atoms with Crippen LogP contribution in [0, 0.1) is 6.92 Å². The smallest absolute Gasteiger partial charge is 0.387 e. The maximum atomic E-state index is 12.2. The predicted molar refractivity (Wildman–Crippen MR) is 61.8 cm³/mol. The Labute approximate surface area is 106 Å². The number of aryl methyl sites for hydroxylation is 1. The number of rotatable bonds is 4. The molecule has 0 amide bonds. The van der Waals surface area contributed by atoms with E-state index in [2.05, 4.69) is 25.4 Å². The molecule has 6 heteroatoms. The van der Waals surface area contributed by atoms with Gasteiger partial charge in [-0.2, -0.15) is 8.78 Å². The number of halogens is 3. The van der Waals surface area contributed by atoms with Gasteiger partial charge < -0.3 is 9.47 Å². The highest BCUT2D eigenvalue weighted by atomic mass is 79.9. The van der Waals surface area contributed by atoms with E-state index in [4.69, 9.17) is 0 Å². The molecule has 0 spiro atoms. The van der Waals surface area contributed by atoms with Crippen molar-refractivity contribution < 1.29 is 23.0 Å². The highest BCUT2D eigenvalue weighted by Gasteiger charge is 2.16. The Morgan fingerprint density at radius 3 is 2.59 bits per heavy atom. The molecule has 0 saturated carbocycles. The molecule has 17 heavy (non-hydrogen) atoms. The summed E-state index contributed by atoms with van der Waals surface area (Å²) in [6, 6.07) is 2.88. The van der Waals surface area contributed by atoms with Gasteiger partial charge in [0.2, 0.25) is 0 Å². The van der Waals surface area contributed by atoms with E-state index in [9.17, 15) is 13.6 Å². The van der Waals surface area contributed by atoms with E-state index in [0.717, 1.165) is 0 Å². The molecule has 94 valence electrons. The van der Waals surface area contributed by atoms with Crippen molar-refractivity contribution in [2.24, 2.45) is 0 Å². The van der Waals surface area contributed by atoms with Gasteiger partial charge in [0.05, 0.1) is 12.7 Å². The summed E-state index contributed by atoms with van der Waals surface area (Å²) in [7, 11) is 1.26. The number of hydrogen-bond donors (Lipinski definition) is 0. The highest BCUT2D eigenvalue weighted by molar-refractivity contribution is 9.08. The standard InChI is InChI=1S/C11H11BrF2O3/c1-6-3-9(17-11(13)14)7(5-12)4-8(6)10(15)16-2/h3-4,11H,5H2,1-2H3. The summed E-state index contributed by atoms with van der Waals surface area (Å²) in [6.45, 7) is -1.26. The fourth-order valence-electron chi connectivity index (χ4n) is 1.37. The van der Waals surface area contributed by atoms with E-state index in [1.54, 1.807) is 6.92 Å². The van der Waals surface area contributed by atoms with Crippen molar-refractivity contribution >= 4 is 21.9 Å². The molecule has 0 N–H and O–H groups in total. The monoisotopic (exact) mass is 308 g/mol. The van der Waals surface area contributed by atoms with Crippen molar-refractivity contribution in [3.8, 4) is 5.75 Å². The molecule has 0 heterocycles. The van der Waals surface area contributed by atoms with Gasteiger partial charge in [0.1, 0.15) is 5.75 Å². The number of carbonyl (C=O) groups is 1. The van der Waals surface area contributed by atoms with E-state index in [1.165, 1.54) is 19.2 Å². The molecule has 0 aliphatic heterocycles. The Kier molecular flexibility index (Phi) is 4.86. The zero-order valence-corrected chi connectivity index (χ0v) is 10.9. The third kappa shape index (κ3) is 3.39. The zero-order chi connectivity index (χ0) is 13.0. The second-order valence-corrected chi connectivity index (χ2v) is 3.84. The van der Waals surface area contributed by atoms with Crippen LogP contribution in [0.5, 0.6) is 5.75 Å². The first-order chi connectivity index (χ1) is 7.99. The molecular weight excluding hydrogens is 298 g/mol.